The van der Waals surface area contributed by atoms with Crippen LogP contribution >= 0.6 is 12.6 Å². The average molecular weight is 188 g/mol. The number of hydrogen-bond donors (Lipinski definition) is 1. The predicted molar refractivity (Wildman–Crippen MR) is 44.1 cm³/mol. The molecule has 12 heavy (non-hydrogen) atoms. The molecule has 0 radical (unpaired) electrons. The quantitative estimate of drug-likeness (QED) is 0.702. The Labute approximate surface area is 73.8 Å². The molecule has 0 saturated carbocycles. The van der Waals surface area contributed by atoms with Gasteiger partial charge >= 0.3 is 0 Å². The second-order valence-corrected chi connectivity index (χ2v) is 2.85. The van der Waals surface area contributed by atoms with Gasteiger partial charge in [-0.1, -0.05) is 0 Å². The number of carbonyl (C=O) groups excluding carboxylic acids is 1. The Hall–Kier alpha value is -0.900. The predicted octanol–water partition coefficient (Wildman–Crippen LogP) is 1.96. The first-order valence-electron chi connectivity index (χ1n) is 3.24. The van der Waals surface area contributed by atoms with Gasteiger partial charge in [-0.15, -0.1) is 12.6 Å². The lowest BCUT2D eigenvalue weighted by Crippen LogP contribution is -1.95. The summed E-state index contributed by atoms with van der Waals surface area (Å²) in [5, 5.41) is -0.417. The largest absolute Gasteiger partial charge is 0.287 e. The van der Waals surface area contributed by atoms with Crippen LogP contribution in [0.5, 0.6) is 0 Å². The zero-order chi connectivity index (χ0) is 9.14. The van der Waals surface area contributed by atoms with E-state index >= 15 is 0 Å². The number of halogens is 2. The molecule has 0 aliphatic heterocycles. The zero-order valence-corrected chi connectivity index (χ0v) is 6.94. The Morgan fingerprint density at radius 1 is 1.25 bits per heavy atom. The average Bonchev–Trinajstić information content (AvgIpc) is 1.81. The van der Waals surface area contributed by atoms with Crippen LogP contribution in [0, 0.1) is 11.6 Å². The fourth-order valence-corrected chi connectivity index (χ4v) is 1.07. The molecule has 0 aromatic heterocycles. The van der Waals surface area contributed by atoms with Crippen molar-refractivity contribution in [3.8, 4) is 0 Å². The monoisotopic (exact) mass is 188 g/mol. The number of benzene rings is 1. The second kappa shape index (κ2) is 3.67. The minimum absolute atomic E-state index is 0.0577. The lowest BCUT2D eigenvalue weighted by molar-refractivity contribution is -0.110. The van der Waals surface area contributed by atoms with E-state index < -0.39 is 16.7 Å². The molecule has 0 bridgehead atoms. The molecule has 64 valence electrons. The first-order chi connectivity index (χ1) is 5.58. The van der Waals surface area contributed by atoms with Crippen molar-refractivity contribution in [1.29, 1.82) is 0 Å². The maximum atomic E-state index is 12.5. The molecule has 1 rings (SSSR count). The van der Waals surface area contributed by atoms with Crippen molar-refractivity contribution in [2.24, 2.45) is 0 Å². The van der Waals surface area contributed by atoms with Crippen molar-refractivity contribution in [2.45, 2.75) is 6.42 Å². The van der Waals surface area contributed by atoms with Crippen molar-refractivity contribution in [3.05, 3.63) is 35.4 Å². The van der Waals surface area contributed by atoms with Crippen LogP contribution in [0.25, 0.3) is 0 Å². The molecule has 4 heteroatoms. The third kappa shape index (κ3) is 2.62. The SMILES string of the molecule is O=C(S)Cc1cc(F)cc(F)c1. The van der Waals surface area contributed by atoms with E-state index in [4.69, 9.17) is 0 Å². The van der Waals surface area contributed by atoms with Gasteiger partial charge in [-0.3, -0.25) is 4.79 Å². The lowest BCUT2D eigenvalue weighted by Gasteiger charge is -1.97. The van der Waals surface area contributed by atoms with Gasteiger partial charge < -0.3 is 0 Å². The molecule has 0 aliphatic rings. The summed E-state index contributed by atoms with van der Waals surface area (Å²) in [4.78, 5) is 10.5. The Kier molecular flexibility index (Phi) is 2.81. The molecule has 0 aliphatic carbocycles. The highest BCUT2D eigenvalue weighted by Gasteiger charge is 2.02. The van der Waals surface area contributed by atoms with Crippen LogP contribution in [-0.4, -0.2) is 5.12 Å². The highest BCUT2D eigenvalue weighted by molar-refractivity contribution is 7.96. The number of thiol groups is 1. The van der Waals surface area contributed by atoms with Gasteiger partial charge in [0.15, 0.2) is 5.12 Å². The van der Waals surface area contributed by atoms with Crippen LogP contribution in [0.3, 0.4) is 0 Å². The second-order valence-electron chi connectivity index (χ2n) is 2.35. The van der Waals surface area contributed by atoms with E-state index in [1.54, 1.807) is 0 Å². The summed E-state index contributed by atoms with van der Waals surface area (Å²) in [6.07, 6.45) is -0.0577. The molecule has 0 heterocycles. The van der Waals surface area contributed by atoms with E-state index in [0.717, 1.165) is 18.2 Å². The van der Waals surface area contributed by atoms with Crippen LogP contribution in [0.15, 0.2) is 18.2 Å². The van der Waals surface area contributed by atoms with Gasteiger partial charge in [-0.25, -0.2) is 8.78 Å². The standard InChI is InChI=1S/C8H6F2OS/c9-6-1-5(3-8(11)12)2-7(10)4-6/h1-2,4H,3H2,(H,11,12). The van der Waals surface area contributed by atoms with Crippen molar-refractivity contribution in [1.82, 2.24) is 0 Å². The topological polar surface area (TPSA) is 17.1 Å². The van der Waals surface area contributed by atoms with Gasteiger partial charge in [0, 0.05) is 12.5 Å². The van der Waals surface area contributed by atoms with E-state index in [9.17, 15) is 13.6 Å². The van der Waals surface area contributed by atoms with Crippen molar-refractivity contribution >= 4 is 17.7 Å². The van der Waals surface area contributed by atoms with Gasteiger partial charge in [0.1, 0.15) is 11.6 Å². The molecule has 0 amide bonds. The smallest absolute Gasteiger partial charge is 0.190 e. The highest BCUT2D eigenvalue weighted by atomic mass is 32.1. The Morgan fingerprint density at radius 3 is 2.17 bits per heavy atom. The normalized spacial score (nSPS) is 9.92. The summed E-state index contributed by atoms with van der Waals surface area (Å²) in [5.41, 5.74) is 0.299. The summed E-state index contributed by atoms with van der Waals surface area (Å²) in [5.74, 6) is -1.36. The molecule has 1 aromatic carbocycles. The van der Waals surface area contributed by atoms with Crippen molar-refractivity contribution < 1.29 is 13.6 Å². The molecule has 0 N–H and O–H groups in total. The first kappa shape index (κ1) is 9.19. The van der Waals surface area contributed by atoms with Crippen LogP contribution in [-0.2, 0) is 11.2 Å². The third-order valence-corrected chi connectivity index (χ3v) is 1.44. The minimum atomic E-state index is -0.681. The Balaban J connectivity index is 2.93. The summed E-state index contributed by atoms with van der Waals surface area (Å²) >= 11 is 3.49. The van der Waals surface area contributed by atoms with E-state index in [2.05, 4.69) is 12.6 Å². The van der Waals surface area contributed by atoms with E-state index in [0.29, 0.717) is 5.56 Å². The Morgan fingerprint density at radius 2 is 1.75 bits per heavy atom. The van der Waals surface area contributed by atoms with Gasteiger partial charge in [-0.05, 0) is 17.7 Å². The van der Waals surface area contributed by atoms with Gasteiger partial charge in [-0.2, -0.15) is 0 Å². The molecule has 0 fully saturated rings. The van der Waals surface area contributed by atoms with Crippen LogP contribution < -0.4 is 0 Å². The van der Waals surface area contributed by atoms with E-state index in [1.807, 2.05) is 0 Å². The molecular weight excluding hydrogens is 182 g/mol. The van der Waals surface area contributed by atoms with Crippen molar-refractivity contribution in [3.63, 3.8) is 0 Å². The molecule has 0 saturated heterocycles. The molecule has 0 atom stereocenters. The van der Waals surface area contributed by atoms with Gasteiger partial charge in [0.05, 0.1) is 0 Å². The maximum Gasteiger partial charge on any atom is 0.190 e. The molecule has 1 nitrogen and oxygen atoms in total. The summed E-state index contributed by atoms with van der Waals surface area (Å²) in [6.45, 7) is 0. The van der Waals surface area contributed by atoms with Crippen LogP contribution in [0.2, 0.25) is 0 Å². The highest BCUT2D eigenvalue weighted by Crippen LogP contribution is 2.09. The van der Waals surface area contributed by atoms with Crippen LogP contribution in [0.1, 0.15) is 5.56 Å². The van der Waals surface area contributed by atoms with E-state index in [-0.39, 0.29) is 6.42 Å². The summed E-state index contributed by atoms with van der Waals surface area (Å²) in [6, 6.07) is 2.97. The van der Waals surface area contributed by atoms with Gasteiger partial charge in [0.25, 0.3) is 0 Å². The number of carbonyl (C=O) groups is 1. The fraction of sp³-hybridized carbons (Fsp3) is 0.125. The Bertz CT molecular complexity index is 292. The molecule has 0 spiro atoms. The number of hydrogen-bond acceptors (Lipinski definition) is 1. The maximum absolute atomic E-state index is 12.5. The summed E-state index contributed by atoms with van der Waals surface area (Å²) in [7, 11) is 0. The van der Waals surface area contributed by atoms with Crippen molar-refractivity contribution in [2.75, 3.05) is 0 Å². The molecule has 1 aromatic rings. The number of rotatable bonds is 2. The summed E-state index contributed by atoms with van der Waals surface area (Å²) < 4.78 is 25.0. The van der Waals surface area contributed by atoms with E-state index in [1.165, 1.54) is 0 Å². The lowest BCUT2D eigenvalue weighted by atomic mass is 10.1. The van der Waals surface area contributed by atoms with Crippen LogP contribution in [0.4, 0.5) is 8.78 Å². The molecular formula is C8H6F2OS. The van der Waals surface area contributed by atoms with Gasteiger partial charge in [0.2, 0.25) is 0 Å². The minimum Gasteiger partial charge on any atom is -0.287 e. The zero-order valence-electron chi connectivity index (χ0n) is 6.05. The third-order valence-electron chi connectivity index (χ3n) is 1.28. The molecule has 0 unspecified atom stereocenters. The fourth-order valence-electron chi connectivity index (χ4n) is 0.888. The first-order valence-corrected chi connectivity index (χ1v) is 3.69.